The van der Waals surface area contributed by atoms with Crippen LogP contribution < -0.4 is 5.73 Å². The molecule has 0 saturated heterocycles. The topological polar surface area (TPSA) is 51.3 Å². The van der Waals surface area contributed by atoms with Crippen molar-refractivity contribution < 1.29 is 0 Å². The average Bonchev–Trinajstić information content (AvgIpc) is 1.94. The molecular formula is C6H6IN3. The van der Waals surface area contributed by atoms with E-state index in [0.717, 1.165) is 5.69 Å². The van der Waals surface area contributed by atoms with Gasteiger partial charge < -0.3 is 5.73 Å². The maximum Gasteiger partial charge on any atom is 0.149 e. The van der Waals surface area contributed by atoms with Gasteiger partial charge in [-0.05, 0) is 34.7 Å². The predicted octanol–water partition coefficient (Wildman–Crippen LogP) is 1.76. The van der Waals surface area contributed by atoms with Crippen molar-refractivity contribution in [1.82, 2.24) is 4.98 Å². The van der Waals surface area contributed by atoms with E-state index < -0.39 is 0 Å². The van der Waals surface area contributed by atoms with Crippen molar-refractivity contribution in [2.24, 2.45) is 4.99 Å². The zero-order chi connectivity index (χ0) is 7.40. The molecule has 3 nitrogen and oxygen atoms in total. The van der Waals surface area contributed by atoms with Gasteiger partial charge in [0.1, 0.15) is 11.5 Å². The summed E-state index contributed by atoms with van der Waals surface area (Å²) in [6.07, 6.45) is 1.64. The van der Waals surface area contributed by atoms with Crippen LogP contribution in [-0.2, 0) is 0 Å². The molecule has 0 atom stereocenters. The molecule has 0 saturated carbocycles. The number of anilines is 1. The third-order valence-electron chi connectivity index (χ3n) is 1.00. The smallest absolute Gasteiger partial charge is 0.149 e. The van der Waals surface area contributed by atoms with Crippen molar-refractivity contribution in [2.45, 2.75) is 0 Å². The lowest BCUT2D eigenvalue weighted by Crippen LogP contribution is -1.87. The van der Waals surface area contributed by atoms with Crippen LogP contribution in [0.4, 0.5) is 11.5 Å². The molecule has 2 N–H and O–H groups in total. The molecule has 0 aliphatic rings. The van der Waals surface area contributed by atoms with Crippen LogP contribution in [0.3, 0.4) is 0 Å². The second kappa shape index (κ2) is 3.50. The summed E-state index contributed by atoms with van der Waals surface area (Å²) >= 11 is 2.03. The zero-order valence-corrected chi connectivity index (χ0v) is 7.32. The van der Waals surface area contributed by atoms with Crippen LogP contribution in [0.5, 0.6) is 0 Å². The van der Waals surface area contributed by atoms with Crippen molar-refractivity contribution in [3.63, 3.8) is 0 Å². The van der Waals surface area contributed by atoms with Gasteiger partial charge in [0, 0.05) is 6.20 Å². The minimum atomic E-state index is 0.468. The number of aliphatic imine (C=N–C) groups is 1. The predicted molar refractivity (Wildman–Crippen MR) is 50.8 cm³/mol. The number of halogens is 1. The number of pyridine rings is 1. The fourth-order valence-corrected chi connectivity index (χ4v) is 0.871. The zero-order valence-electron chi connectivity index (χ0n) is 5.16. The number of nitrogen functional groups attached to an aromatic ring is 1. The molecule has 0 unspecified atom stereocenters. The highest BCUT2D eigenvalue weighted by Crippen LogP contribution is 2.16. The lowest BCUT2D eigenvalue weighted by molar-refractivity contribution is 1.32. The molecule has 0 amide bonds. The molecule has 0 bridgehead atoms. The Morgan fingerprint density at radius 3 is 3.10 bits per heavy atom. The van der Waals surface area contributed by atoms with Crippen LogP contribution >= 0.6 is 22.6 Å². The molecule has 0 fully saturated rings. The Morgan fingerprint density at radius 2 is 2.50 bits per heavy atom. The minimum absolute atomic E-state index is 0.468. The molecule has 0 aliphatic heterocycles. The molecule has 1 heterocycles. The van der Waals surface area contributed by atoms with Gasteiger partial charge in [-0.2, -0.15) is 0 Å². The fraction of sp³-hybridized carbons (Fsp3) is 0. The first kappa shape index (κ1) is 7.46. The molecule has 1 rings (SSSR count). The molecule has 0 aromatic carbocycles. The summed E-state index contributed by atoms with van der Waals surface area (Å²) in [4.78, 5) is 7.84. The summed E-state index contributed by atoms with van der Waals surface area (Å²) in [7, 11) is 0. The number of aromatic nitrogens is 1. The maximum absolute atomic E-state index is 5.48. The van der Waals surface area contributed by atoms with Crippen LogP contribution in [0.2, 0.25) is 0 Å². The Bertz CT molecular complexity index is 247. The number of nitrogens with zero attached hydrogens (tertiary/aromatic N) is 2. The van der Waals surface area contributed by atoms with E-state index in [1.807, 2.05) is 28.7 Å². The van der Waals surface area contributed by atoms with Gasteiger partial charge in [0.15, 0.2) is 0 Å². The van der Waals surface area contributed by atoms with Crippen molar-refractivity contribution in [2.75, 3.05) is 5.73 Å². The van der Waals surface area contributed by atoms with Crippen molar-refractivity contribution in [3.05, 3.63) is 18.3 Å². The van der Waals surface area contributed by atoms with E-state index in [0.29, 0.717) is 5.82 Å². The molecule has 4 heteroatoms. The lowest BCUT2D eigenvalue weighted by atomic mass is 10.4. The molecule has 52 valence electrons. The first-order valence-electron chi connectivity index (χ1n) is 2.68. The standard InChI is InChI=1S/C6H6IN3/c7-4-10-5-2-1-3-9-6(5)8/h1-4H,(H2,8,9). The van der Waals surface area contributed by atoms with Crippen molar-refractivity contribution >= 4 is 38.3 Å². The fourth-order valence-electron chi connectivity index (χ4n) is 0.571. The second-order valence-corrected chi connectivity index (χ2v) is 2.19. The number of hydrogen-bond donors (Lipinski definition) is 1. The van der Waals surface area contributed by atoms with Crippen LogP contribution in [0.25, 0.3) is 0 Å². The molecule has 0 radical (unpaired) electrons. The highest BCUT2D eigenvalue weighted by molar-refractivity contribution is 14.1. The third kappa shape index (κ3) is 1.66. The van der Waals surface area contributed by atoms with Gasteiger partial charge in [0.25, 0.3) is 0 Å². The summed E-state index contributed by atoms with van der Waals surface area (Å²) in [5, 5.41) is 0. The van der Waals surface area contributed by atoms with Gasteiger partial charge in [-0.15, -0.1) is 0 Å². The Morgan fingerprint density at radius 1 is 1.70 bits per heavy atom. The Kier molecular flexibility index (Phi) is 2.61. The van der Waals surface area contributed by atoms with Crippen molar-refractivity contribution in [3.8, 4) is 0 Å². The van der Waals surface area contributed by atoms with Gasteiger partial charge >= 0.3 is 0 Å². The number of rotatable bonds is 1. The first-order valence-corrected chi connectivity index (χ1v) is 3.92. The van der Waals surface area contributed by atoms with Gasteiger partial charge in [0.05, 0.1) is 4.22 Å². The summed E-state index contributed by atoms with van der Waals surface area (Å²) in [5.41, 5.74) is 6.20. The van der Waals surface area contributed by atoms with Gasteiger partial charge in [-0.3, -0.25) is 0 Å². The van der Waals surface area contributed by atoms with Crippen LogP contribution in [0.15, 0.2) is 23.3 Å². The van der Waals surface area contributed by atoms with E-state index in [9.17, 15) is 0 Å². The third-order valence-corrected chi connectivity index (χ3v) is 1.28. The summed E-state index contributed by atoms with van der Waals surface area (Å²) in [5.74, 6) is 0.468. The van der Waals surface area contributed by atoms with Crippen LogP contribution in [0.1, 0.15) is 0 Å². The van der Waals surface area contributed by atoms with Crippen LogP contribution in [-0.4, -0.2) is 9.21 Å². The normalized spacial score (nSPS) is 10.5. The largest absolute Gasteiger partial charge is 0.382 e. The number of hydrogen-bond acceptors (Lipinski definition) is 3. The molecule has 0 aliphatic carbocycles. The lowest BCUT2D eigenvalue weighted by Gasteiger charge is -1.94. The summed E-state index contributed by atoms with van der Waals surface area (Å²) < 4.78 is 1.66. The number of nitrogens with two attached hydrogens (primary N) is 1. The minimum Gasteiger partial charge on any atom is -0.382 e. The van der Waals surface area contributed by atoms with E-state index in [4.69, 9.17) is 5.73 Å². The van der Waals surface area contributed by atoms with Crippen molar-refractivity contribution in [1.29, 1.82) is 0 Å². The summed E-state index contributed by atoms with van der Waals surface area (Å²) in [6, 6.07) is 3.62. The van der Waals surface area contributed by atoms with Crippen LogP contribution in [0, 0.1) is 0 Å². The van der Waals surface area contributed by atoms with E-state index in [2.05, 4.69) is 9.98 Å². The van der Waals surface area contributed by atoms with E-state index in [-0.39, 0.29) is 0 Å². The van der Waals surface area contributed by atoms with Gasteiger partial charge in [0.2, 0.25) is 0 Å². The molecule has 0 spiro atoms. The van der Waals surface area contributed by atoms with E-state index in [1.165, 1.54) is 0 Å². The Balaban J connectivity index is 3.03. The highest BCUT2D eigenvalue weighted by Gasteiger charge is 1.92. The molecule has 1 aromatic rings. The SMILES string of the molecule is Nc1ncccc1N=CI. The Labute approximate surface area is 72.5 Å². The molecule has 1 aromatic heterocycles. The maximum atomic E-state index is 5.48. The molecular weight excluding hydrogens is 241 g/mol. The summed E-state index contributed by atoms with van der Waals surface area (Å²) in [6.45, 7) is 0. The quantitative estimate of drug-likeness (QED) is 0.607. The van der Waals surface area contributed by atoms with E-state index in [1.54, 1.807) is 16.5 Å². The monoisotopic (exact) mass is 247 g/mol. The molecule has 10 heavy (non-hydrogen) atoms. The first-order chi connectivity index (χ1) is 4.84. The van der Waals surface area contributed by atoms with Gasteiger partial charge in [-0.1, -0.05) is 0 Å². The second-order valence-electron chi connectivity index (χ2n) is 1.63. The Hall–Kier alpha value is -0.650. The average molecular weight is 247 g/mol. The van der Waals surface area contributed by atoms with Gasteiger partial charge in [-0.25, -0.2) is 9.98 Å². The highest BCUT2D eigenvalue weighted by atomic mass is 127. The van der Waals surface area contributed by atoms with E-state index >= 15 is 0 Å².